The molecule has 6 heteroatoms. The van der Waals surface area contributed by atoms with Gasteiger partial charge < -0.3 is 5.32 Å². The van der Waals surface area contributed by atoms with E-state index < -0.39 is 11.7 Å². The number of benzene rings is 2. The molecule has 2 aromatic rings. The quantitative estimate of drug-likeness (QED) is 0.686. The predicted molar refractivity (Wildman–Crippen MR) is 82.7 cm³/mol. The van der Waals surface area contributed by atoms with Gasteiger partial charge >= 0.3 is 6.18 Å². The number of halogens is 5. The minimum absolute atomic E-state index is 0.0299. The van der Waals surface area contributed by atoms with Crippen molar-refractivity contribution in [3.05, 3.63) is 62.6 Å². The second kappa shape index (κ2) is 6.28. The Morgan fingerprint density at radius 3 is 2.48 bits per heavy atom. The van der Waals surface area contributed by atoms with Crippen molar-refractivity contribution in [1.82, 2.24) is 0 Å². The van der Waals surface area contributed by atoms with E-state index in [-0.39, 0.29) is 12.2 Å². The van der Waals surface area contributed by atoms with Crippen molar-refractivity contribution >= 4 is 33.2 Å². The molecule has 2 rings (SSSR count). The molecule has 0 heterocycles. The van der Waals surface area contributed by atoms with Gasteiger partial charge in [-0.1, -0.05) is 39.7 Å². The lowest BCUT2D eigenvalue weighted by Gasteiger charge is -2.15. The zero-order chi connectivity index (χ0) is 15.6. The molecule has 0 unspecified atom stereocenters. The Balaban J connectivity index is 2.24. The zero-order valence-corrected chi connectivity index (χ0v) is 13.4. The van der Waals surface area contributed by atoms with Gasteiger partial charge in [0.05, 0.1) is 5.56 Å². The summed E-state index contributed by atoms with van der Waals surface area (Å²) in [7, 11) is 0. The Bertz CT molecular complexity index is 656. The van der Waals surface area contributed by atoms with Crippen molar-refractivity contribution in [2.24, 2.45) is 0 Å². The van der Waals surface area contributed by atoms with Crippen LogP contribution in [-0.4, -0.2) is 0 Å². The maximum Gasteiger partial charge on any atom is 0.418 e. The SMILES string of the molecule is Cc1ccc(CNc2ccc(Br)cc2C(F)(F)F)c(Cl)c1. The van der Waals surface area contributed by atoms with Crippen LogP contribution in [0.5, 0.6) is 0 Å². The van der Waals surface area contributed by atoms with Crippen LogP contribution in [0.15, 0.2) is 40.9 Å². The first-order valence-corrected chi connectivity index (χ1v) is 7.30. The van der Waals surface area contributed by atoms with E-state index in [1.807, 2.05) is 13.0 Å². The average Bonchev–Trinajstić information content (AvgIpc) is 2.38. The van der Waals surface area contributed by atoms with Crippen LogP contribution in [0.4, 0.5) is 18.9 Å². The van der Waals surface area contributed by atoms with Crippen molar-refractivity contribution in [2.45, 2.75) is 19.6 Å². The van der Waals surface area contributed by atoms with E-state index in [2.05, 4.69) is 21.2 Å². The molecule has 112 valence electrons. The monoisotopic (exact) mass is 377 g/mol. The van der Waals surface area contributed by atoms with Crippen LogP contribution in [0.3, 0.4) is 0 Å². The molecule has 0 amide bonds. The standard InChI is InChI=1S/C15H12BrClF3N/c1-9-2-3-10(13(17)6-9)8-21-14-5-4-11(16)7-12(14)15(18,19)20/h2-7,21H,8H2,1H3. The summed E-state index contributed by atoms with van der Waals surface area (Å²) >= 11 is 9.14. The number of anilines is 1. The molecule has 0 atom stereocenters. The van der Waals surface area contributed by atoms with Gasteiger partial charge in [-0.2, -0.15) is 13.2 Å². The Labute approximate surface area is 134 Å². The number of rotatable bonds is 3. The first kappa shape index (κ1) is 16.2. The lowest BCUT2D eigenvalue weighted by Crippen LogP contribution is -2.11. The van der Waals surface area contributed by atoms with E-state index in [1.54, 1.807) is 18.2 Å². The second-order valence-electron chi connectivity index (χ2n) is 4.64. The number of alkyl halides is 3. The summed E-state index contributed by atoms with van der Waals surface area (Å²) in [5.74, 6) is 0. The van der Waals surface area contributed by atoms with Crippen molar-refractivity contribution in [3.63, 3.8) is 0 Å². The van der Waals surface area contributed by atoms with E-state index >= 15 is 0 Å². The summed E-state index contributed by atoms with van der Waals surface area (Å²) in [5.41, 5.74) is 1.07. The molecule has 0 saturated heterocycles. The minimum atomic E-state index is -4.41. The van der Waals surface area contributed by atoms with Gasteiger partial charge in [0.25, 0.3) is 0 Å². The predicted octanol–water partition coefficient (Wildman–Crippen LogP) is 6.04. The van der Waals surface area contributed by atoms with Gasteiger partial charge in [0.1, 0.15) is 0 Å². The van der Waals surface area contributed by atoms with Crippen LogP contribution in [0.1, 0.15) is 16.7 Å². The Morgan fingerprint density at radius 2 is 1.86 bits per heavy atom. The summed E-state index contributed by atoms with van der Waals surface area (Å²) in [6.45, 7) is 2.13. The van der Waals surface area contributed by atoms with Crippen molar-refractivity contribution in [2.75, 3.05) is 5.32 Å². The Kier molecular flexibility index (Phi) is 4.84. The van der Waals surface area contributed by atoms with Crippen molar-refractivity contribution < 1.29 is 13.2 Å². The van der Waals surface area contributed by atoms with Crippen LogP contribution < -0.4 is 5.32 Å². The zero-order valence-electron chi connectivity index (χ0n) is 11.1. The second-order valence-corrected chi connectivity index (χ2v) is 5.96. The molecular formula is C15H12BrClF3N. The highest BCUT2D eigenvalue weighted by atomic mass is 79.9. The van der Waals surface area contributed by atoms with E-state index in [0.29, 0.717) is 9.50 Å². The fraction of sp³-hybridized carbons (Fsp3) is 0.200. The number of aryl methyl sites for hydroxylation is 1. The average molecular weight is 379 g/mol. The number of hydrogen-bond acceptors (Lipinski definition) is 1. The largest absolute Gasteiger partial charge is 0.418 e. The summed E-state index contributed by atoms with van der Waals surface area (Å²) in [5, 5.41) is 3.33. The molecular weight excluding hydrogens is 367 g/mol. The van der Waals surface area contributed by atoms with Crippen LogP contribution >= 0.6 is 27.5 Å². The highest BCUT2D eigenvalue weighted by Crippen LogP contribution is 2.36. The van der Waals surface area contributed by atoms with Gasteiger partial charge in [0.15, 0.2) is 0 Å². The molecule has 0 spiro atoms. The molecule has 0 aliphatic heterocycles. The van der Waals surface area contributed by atoms with Crippen molar-refractivity contribution in [1.29, 1.82) is 0 Å². The Hall–Kier alpha value is -1.20. The van der Waals surface area contributed by atoms with Crippen LogP contribution in [0.2, 0.25) is 5.02 Å². The maximum atomic E-state index is 13.0. The highest BCUT2D eigenvalue weighted by Gasteiger charge is 2.33. The van der Waals surface area contributed by atoms with Gasteiger partial charge in [0, 0.05) is 21.7 Å². The lowest BCUT2D eigenvalue weighted by molar-refractivity contribution is -0.137. The van der Waals surface area contributed by atoms with Gasteiger partial charge in [-0.15, -0.1) is 0 Å². The molecule has 1 N–H and O–H groups in total. The van der Waals surface area contributed by atoms with E-state index in [1.165, 1.54) is 6.07 Å². The third kappa shape index (κ3) is 4.14. The molecule has 1 nitrogen and oxygen atoms in total. The Morgan fingerprint density at radius 1 is 1.14 bits per heavy atom. The molecule has 0 aromatic heterocycles. The van der Waals surface area contributed by atoms with Gasteiger partial charge in [-0.25, -0.2) is 0 Å². The molecule has 0 aliphatic rings. The highest BCUT2D eigenvalue weighted by molar-refractivity contribution is 9.10. The smallest absolute Gasteiger partial charge is 0.380 e. The fourth-order valence-electron chi connectivity index (χ4n) is 1.89. The molecule has 21 heavy (non-hydrogen) atoms. The van der Waals surface area contributed by atoms with E-state index in [9.17, 15) is 13.2 Å². The summed E-state index contributed by atoms with van der Waals surface area (Å²) in [4.78, 5) is 0. The van der Waals surface area contributed by atoms with Crippen molar-refractivity contribution in [3.8, 4) is 0 Å². The summed E-state index contributed by atoms with van der Waals surface area (Å²) in [6, 6.07) is 9.47. The third-order valence-electron chi connectivity index (χ3n) is 2.96. The van der Waals surface area contributed by atoms with E-state index in [4.69, 9.17) is 11.6 Å². The fourth-order valence-corrected chi connectivity index (χ4v) is 2.55. The number of hydrogen-bond donors (Lipinski definition) is 1. The minimum Gasteiger partial charge on any atom is -0.380 e. The molecule has 0 radical (unpaired) electrons. The summed E-state index contributed by atoms with van der Waals surface area (Å²) < 4.78 is 39.4. The normalized spacial score (nSPS) is 11.5. The third-order valence-corrected chi connectivity index (χ3v) is 3.81. The first-order chi connectivity index (χ1) is 9.77. The van der Waals surface area contributed by atoms with Gasteiger partial charge in [0.2, 0.25) is 0 Å². The molecule has 0 saturated carbocycles. The number of nitrogens with one attached hydrogen (secondary N) is 1. The molecule has 0 aliphatic carbocycles. The van der Waals surface area contributed by atoms with E-state index in [0.717, 1.165) is 17.2 Å². The molecule has 0 fully saturated rings. The van der Waals surface area contributed by atoms with Crippen LogP contribution in [0.25, 0.3) is 0 Å². The van der Waals surface area contributed by atoms with Crippen LogP contribution in [0, 0.1) is 6.92 Å². The summed E-state index contributed by atoms with van der Waals surface area (Å²) in [6.07, 6.45) is -4.41. The maximum absolute atomic E-state index is 13.0. The lowest BCUT2D eigenvalue weighted by atomic mass is 10.1. The molecule has 2 aromatic carbocycles. The van der Waals surface area contributed by atoms with Crippen LogP contribution in [-0.2, 0) is 12.7 Å². The van der Waals surface area contributed by atoms with Gasteiger partial charge in [-0.05, 0) is 42.3 Å². The first-order valence-electron chi connectivity index (χ1n) is 6.13. The molecule has 0 bridgehead atoms. The van der Waals surface area contributed by atoms with Gasteiger partial charge in [-0.3, -0.25) is 0 Å². The topological polar surface area (TPSA) is 12.0 Å².